The van der Waals surface area contributed by atoms with Crippen molar-refractivity contribution in [1.29, 1.82) is 0 Å². The molecule has 1 heterocycles. The Bertz CT molecular complexity index is 255. The van der Waals surface area contributed by atoms with Crippen LogP contribution in [0.1, 0.15) is 6.92 Å². The minimum absolute atomic E-state index is 0.145. The third kappa shape index (κ3) is 1.96. The van der Waals surface area contributed by atoms with Gasteiger partial charge in [-0.05, 0) is 0 Å². The van der Waals surface area contributed by atoms with Gasteiger partial charge in [0, 0.05) is 26.4 Å². The molecule has 11 heavy (non-hydrogen) atoms. The molecule has 1 aromatic heterocycles. The summed E-state index contributed by atoms with van der Waals surface area (Å²) in [7, 11) is 1.83. The van der Waals surface area contributed by atoms with Crippen LogP contribution in [-0.2, 0) is 11.8 Å². The number of imidazole rings is 1. The number of hydrogen-bond donors (Lipinski definition) is 2. The second kappa shape index (κ2) is 3.05. The van der Waals surface area contributed by atoms with Gasteiger partial charge in [-0.15, -0.1) is 0 Å². The number of anilines is 1. The minimum Gasteiger partial charge on any atom is -0.319 e. The summed E-state index contributed by atoms with van der Waals surface area (Å²) in [6.07, 6.45) is 3.42. The van der Waals surface area contributed by atoms with E-state index in [1.165, 1.54) is 6.92 Å². The van der Waals surface area contributed by atoms with E-state index >= 15 is 0 Å². The zero-order valence-corrected chi connectivity index (χ0v) is 6.46. The smallest absolute Gasteiger partial charge is 0.235 e. The Balaban J connectivity index is 2.51. The largest absolute Gasteiger partial charge is 0.319 e. The van der Waals surface area contributed by atoms with Crippen molar-refractivity contribution >= 4 is 11.9 Å². The van der Waals surface area contributed by atoms with E-state index in [9.17, 15) is 4.79 Å². The summed E-state index contributed by atoms with van der Waals surface area (Å²) in [4.78, 5) is 14.4. The van der Waals surface area contributed by atoms with Crippen LogP contribution in [0, 0.1) is 0 Å². The highest BCUT2D eigenvalue weighted by molar-refractivity contribution is 5.73. The van der Waals surface area contributed by atoms with Gasteiger partial charge in [0.05, 0.1) is 0 Å². The molecule has 1 amide bonds. The Morgan fingerprint density at radius 1 is 1.73 bits per heavy atom. The van der Waals surface area contributed by atoms with Gasteiger partial charge in [-0.3, -0.25) is 15.6 Å². The number of nitrogens with zero attached hydrogens (tertiary/aromatic N) is 2. The SMILES string of the molecule is CC(=O)NNc1nccn1C. The summed E-state index contributed by atoms with van der Waals surface area (Å²) in [5.74, 6) is 0.466. The van der Waals surface area contributed by atoms with Gasteiger partial charge < -0.3 is 4.57 Å². The molecular weight excluding hydrogens is 144 g/mol. The van der Waals surface area contributed by atoms with Crippen molar-refractivity contribution in [2.75, 3.05) is 5.43 Å². The fourth-order valence-electron chi connectivity index (χ4n) is 0.630. The molecule has 5 heteroatoms. The predicted molar refractivity (Wildman–Crippen MR) is 40.6 cm³/mol. The van der Waals surface area contributed by atoms with Gasteiger partial charge in [0.25, 0.3) is 0 Å². The molecule has 0 fully saturated rings. The lowest BCUT2D eigenvalue weighted by atomic mass is 10.8. The molecule has 0 aliphatic rings. The topological polar surface area (TPSA) is 59.0 Å². The summed E-state index contributed by atoms with van der Waals surface area (Å²) >= 11 is 0. The molecule has 1 aromatic rings. The Hall–Kier alpha value is -1.52. The number of carbonyl (C=O) groups excluding carboxylic acids is 1. The first kappa shape index (κ1) is 7.59. The average Bonchev–Trinajstić information content (AvgIpc) is 2.31. The molecular formula is C6H10N4O. The van der Waals surface area contributed by atoms with E-state index in [0.717, 1.165) is 0 Å². The Labute approximate surface area is 64.4 Å². The summed E-state index contributed by atoms with van der Waals surface area (Å²) < 4.78 is 1.76. The Morgan fingerprint density at radius 2 is 2.45 bits per heavy atom. The van der Waals surface area contributed by atoms with Gasteiger partial charge in [0.1, 0.15) is 0 Å². The maximum atomic E-state index is 10.4. The Kier molecular flexibility index (Phi) is 2.10. The van der Waals surface area contributed by atoms with Crippen molar-refractivity contribution in [3.05, 3.63) is 12.4 Å². The number of aryl methyl sites for hydroxylation is 1. The predicted octanol–water partition coefficient (Wildman–Crippen LogP) is -0.117. The summed E-state index contributed by atoms with van der Waals surface area (Å²) in [6, 6.07) is 0. The normalized spacial score (nSPS) is 9.27. The van der Waals surface area contributed by atoms with Crippen LogP contribution >= 0.6 is 0 Å². The van der Waals surface area contributed by atoms with Gasteiger partial charge >= 0.3 is 0 Å². The van der Waals surface area contributed by atoms with Crippen molar-refractivity contribution in [1.82, 2.24) is 15.0 Å². The summed E-state index contributed by atoms with van der Waals surface area (Å²) in [5.41, 5.74) is 5.06. The van der Waals surface area contributed by atoms with Gasteiger partial charge in [0.15, 0.2) is 0 Å². The molecule has 5 nitrogen and oxygen atoms in total. The van der Waals surface area contributed by atoms with Crippen molar-refractivity contribution in [3.8, 4) is 0 Å². The van der Waals surface area contributed by atoms with Gasteiger partial charge in [-0.1, -0.05) is 0 Å². The number of nitrogens with one attached hydrogen (secondary N) is 2. The van der Waals surface area contributed by atoms with Crippen molar-refractivity contribution in [2.24, 2.45) is 7.05 Å². The average molecular weight is 154 g/mol. The molecule has 0 atom stereocenters. The third-order valence-corrected chi connectivity index (χ3v) is 1.17. The van der Waals surface area contributed by atoms with Gasteiger partial charge in [0.2, 0.25) is 11.9 Å². The summed E-state index contributed by atoms with van der Waals surface area (Å²) in [6.45, 7) is 1.43. The number of aromatic nitrogens is 2. The monoisotopic (exact) mass is 154 g/mol. The zero-order valence-electron chi connectivity index (χ0n) is 6.46. The first-order chi connectivity index (χ1) is 5.20. The summed E-state index contributed by atoms with van der Waals surface area (Å²) in [5, 5.41) is 0. The van der Waals surface area contributed by atoms with E-state index in [1.807, 2.05) is 7.05 Å². The number of amides is 1. The van der Waals surface area contributed by atoms with Gasteiger partial charge in [-0.25, -0.2) is 4.98 Å². The first-order valence-electron chi connectivity index (χ1n) is 3.20. The molecule has 0 bridgehead atoms. The van der Waals surface area contributed by atoms with Crippen LogP contribution in [0.4, 0.5) is 5.95 Å². The zero-order chi connectivity index (χ0) is 8.27. The van der Waals surface area contributed by atoms with Crippen LogP contribution in [0.15, 0.2) is 12.4 Å². The standard InChI is InChI=1S/C6H10N4O/c1-5(11)8-9-6-7-3-4-10(6)2/h3-4H,1-2H3,(H,7,9)(H,8,11). The lowest BCUT2D eigenvalue weighted by molar-refractivity contribution is -0.118. The van der Waals surface area contributed by atoms with E-state index in [4.69, 9.17) is 0 Å². The lowest BCUT2D eigenvalue weighted by Gasteiger charge is -2.04. The quantitative estimate of drug-likeness (QED) is 0.584. The first-order valence-corrected chi connectivity index (χ1v) is 3.20. The fraction of sp³-hybridized carbons (Fsp3) is 0.333. The molecule has 0 saturated heterocycles. The second-order valence-corrected chi connectivity index (χ2v) is 2.17. The van der Waals surface area contributed by atoms with E-state index in [0.29, 0.717) is 5.95 Å². The van der Waals surface area contributed by atoms with Crippen LogP contribution in [-0.4, -0.2) is 15.5 Å². The fourth-order valence-corrected chi connectivity index (χ4v) is 0.630. The highest BCUT2D eigenvalue weighted by atomic mass is 16.2. The maximum Gasteiger partial charge on any atom is 0.235 e. The molecule has 0 aliphatic heterocycles. The molecule has 0 radical (unpaired) electrons. The second-order valence-electron chi connectivity index (χ2n) is 2.17. The molecule has 60 valence electrons. The minimum atomic E-state index is -0.145. The molecule has 0 aromatic carbocycles. The van der Waals surface area contributed by atoms with Gasteiger partial charge in [-0.2, -0.15) is 0 Å². The number of rotatable bonds is 2. The number of hydrogen-bond acceptors (Lipinski definition) is 3. The number of hydrazine groups is 1. The van der Waals surface area contributed by atoms with Crippen LogP contribution < -0.4 is 10.9 Å². The van der Waals surface area contributed by atoms with Crippen LogP contribution in [0.5, 0.6) is 0 Å². The van der Waals surface area contributed by atoms with E-state index in [2.05, 4.69) is 15.8 Å². The lowest BCUT2D eigenvalue weighted by Crippen LogP contribution is -2.28. The van der Waals surface area contributed by atoms with Crippen molar-refractivity contribution < 1.29 is 4.79 Å². The van der Waals surface area contributed by atoms with Crippen molar-refractivity contribution in [2.45, 2.75) is 6.92 Å². The molecule has 0 aliphatic carbocycles. The maximum absolute atomic E-state index is 10.4. The van der Waals surface area contributed by atoms with E-state index in [-0.39, 0.29) is 5.91 Å². The van der Waals surface area contributed by atoms with Crippen LogP contribution in [0.3, 0.4) is 0 Å². The van der Waals surface area contributed by atoms with E-state index < -0.39 is 0 Å². The highest BCUT2D eigenvalue weighted by Crippen LogP contribution is 1.97. The molecule has 1 rings (SSSR count). The number of carbonyl (C=O) groups is 1. The van der Waals surface area contributed by atoms with Crippen LogP contribution in [0.25, 0.3) is 0 Å². The van der Waals surface area contributed by atoms with Crippen LogP contribution in [0.2, 0.25) is 0 Å². The highest BCUT2D eigenvalue weighted by Gasteiger charge is 1.96. The van der Waals surface area contributed by atoms with Crippen molar-refractivity contribution in [3.63, 3.8) is 0 Å². The molecule has 0 saturated carbocycles. The molecule has 0 spiro atoms. The molecule has 0 unspecified atom stereocenters. The van der Waals surface area contributed by atoms with E-state index in [1.54, 1.807) is 17.0 Å². The third-order valence-electron chi connectivity index (χ3n) is 1.17. The molecule has 2 N–H and O–H groups in total. The Morgan fingerprint density at radius 3 is 2.91 bits per heavy atom.